The van der Waals surface area contributed by atoms with Gasteiger partial charge in [0.15, 0.2) is 17.2 Å². The smallest absolute Gasteiger partial charge is 0.209 e. The van der Waals surface area contributed by atoms with E-state index in [1.54, 1.807) is 6.92 Å². The van der Waals surface area contributed by atoms with Crippen molar-refractivity contribution < 1.29 is 34.8 Å². The maximum Gasteiger partial charge on any atom is 0.209 e. The third kappa shape index (κ3) is 4.68. The molecule has 0 amide bonds. The number of phenolic OH excluding ortho intramolecular Hbond substituents is 1. The molecule has 0 aromatic heterocycles. The fourth-order valence-electron chi connectivity index (χ4n) is 9.21. The van der Waals surface area contributed by atoms with Crippen LogP contribution >= 0.6 is 0 Å². The molecule has 3 aliphatic rings. The van der Waals surface area contributed by atoms with Crippen LogP contribution in [0, 0.1) is 22.7 Å². The summed E-state index contributed by atoms with van der Waals surface area (Å²) in [7, 11) is 0. The number of hydrogen-bond acceptors (Lipinski definition) is 7. The zero-order valence-electron chi connectivity index (χ0n) is 28.4. The highest BCUT2D eigenvalue weighted by Crippen LogP contribution is 2.65. The van der Waals surface area contributed by atoms with Crippen molar-refractivity contribution in [3.8, 4) is 5.75 Å². The number of carbonyl (C=O) groups is 3. The van der Waals surface area contributed by atoms with Gasteiger partial charge in [0.05, 0.1) is 5.56 Å². The predicted molar refractivity (Wildman–Crippen MR) is 177 cm³/mol. The summed E-state index contributed by atoms with van der Waals surface area (Å²) in [6.07, 6.45) is 3.41. The first-order valence-electron chi connectivity index (χ1n) is 16.6. The number of fused-ring (bicyclic) bond motifs is 3. The number of aliphatic hydroxyl groups excluding tert-OH is 2. The Hall–Kier alpha value is -3.71. The van der Waals surface area contributed by atoms with Crippen LogP contribution in [0.4, 0.5) is 0 Å². The van der Waals surface area contributed by atoms with Gasteiger partial charge in [0.2, 0.25) is 5.78 Å². The first-order chi connectivity index (χ1) is 21.5. The van der Waals surface area contributed by atoms with Crippen LogP contribution in [-0.2, 0) is 35.3 Å². The van der Waals surface area contributed by atoms with Gasteiger partial charge in [-0.05, 0) is 85.1 Å². The lowest BCUT2D eigenvalue weighted by Gasteiger charge is -2.59. The molecule has 0 bridgehead atoms. The Morgan fingerprint density at radius 2 is 1.59 bits per heavy atom. The van der Waals surface area contributed by atoms with E-state index >= 15 is 0 Å². The van der Waals surface area contributed by atoms with Crippen LogP contribution < -0.4 is 0 Å². The second kappa shape index (κ2) is 11.5. The summed E-state index contributed by atoms with van der Waals surface area (Å²) in [5.74, 6) is -4.86. The molecule has 0 radical (unpaired) electrons. The quantitative estimate of drug-likeness (QED) is 0.227. The highest BCUT2D eigenvalue weighted by atomic mass is 16.3. The van der Waals surface area contributed by atoms with Crippen LogP contribution in [0.5, 0.6) is 5.75 Å². The number of Topliss-reactive ketones (excluding diaryl/α,β-unsaturated/α-hetero) is 3. The molecule has 5 rings (SSSR count). The molecule has 246 valence electrons. The summed E-state index contributed by atoms with van der Waals surface area (Å²) < 4.78 is 0. The maximum atomic E-state index is 14.6. The van der Waals surface area contributed by atoms with Crippen molar-refractivity contribution in [3.63, 3.8) is 0 Å². The molecule has 7 nitrogen and oxygen atoms in total. The summed E-state index contributed by atoms with van der Waals surface area (Å²) in [5.41, 5.74) is -0.791. The van der Waals surface area contributed by atoms with Gasteiger partial charge in [0.1, 0.15) is 22.8 Å². The summed E-state index contributed by atoms with van der Waals surface area (Å²) >= 11 is 0. The number of aromatic hydroxyl groups is 1. The van der Waals surface area contributed by atoms with Gasteiger partial charge < -0.3 is 20.4 Å². The fraction of sp³-hybridized carbons (Fsp3) is 0.513. The van der Waals surface area contributed by atoms with Crippen LogP contribution in [0.1, 0.15) is 112 Å². The third-order valence-electron chi connectivity index (χ3n) is 11.1. The zero-order chi connectivity index (χ0) is 34.1. The Morgan fingerprint density at radius 3 is 2.15 bits per heavy atom. The average Bonchev–Trinajstić information content (AvgIpc) is 2.95. The van der Waals surface area contributed by atoms with Crippen molar-refractivity contribution in [2.75, 3.05) is 0 Å². The van der Waals surface area contributed by atoms with E-state index < -0.39 is 51.0 Å². The minimum atomic E-state index is -2.61. The molecule has 1 unspecified atom stereocenters. The molecular formula is C39H48O7. The highest BCUT2D eigenvalue weighted by molar-refractivity contribution is 6.25. The van der Waals surface area contributed by atoms with Crippen molar-refractivity contribution in [2.24, 2.45) is 22.7 Å². The van der Waals surface area contributed by atoms with Crippen molar-refractivity contribution in [1.82, 2.24) is 0 Å². The SMILES string of the molecule is CCc1ccccc1CCCc1cc(C(C)C)c2c(c1O)C(=O)C1=C(O)[C@@]3(O)C(=O)C(C(C)=O)=C(O)C(C(C)C)[C@@]3(C)C[C@@]1(C)C2. The van der Waals surface area contributed by atoms with Gasteiger partial charge in [-0.3, -0.25) is 14.4 Å². The Kier molecular flexibility index (Phi) is 8.42. The fourth-order valence-corrected chi connectivity index (χ4v) is 9.21. The van der Waals surface area contributed by atoms with Gasteiger partial charge in [-0.1, -0.05) is 78.8 Å². The van der Waals surface area contributed by atoms with E-state index in [0.717, 1.165) is 31.7 Å². The van der Waals surface area contributed by atoms with E-state index in [0.29, 0.717) is 17.5 Å². The Bertz CT molecular complexity index is 1710. The lowest BCUT2D eigenvalue weighted by molar-refractivity contribution is -0.171. The second-order valence-corrected chi connectivity index (χ2v) is 14.9. The molecule has 0 spiro atoms. The molecule has 0 heterocycles. The molecule has 4 atom stereocenters. The van der Waals surface area contributed by atoms with Gasteiger partial charge in [-0.15, -0.1) is 0 Å². The van der Waals surface area contributed by atoms with Crippen molar-refractivity contribution in [3.05, 3.63) is 86.4 Å². The number of carbonyl (C=O) groups excluding carboxylic acids is 3. The molecular weight excluding hydrogens is 580 g/mol. The lowest BCUT2D eigenvalue weighted by Crippen LogP contribution is -2.67. The van der Waals surface area contributed by atoms with Crippen LogP contribution in [0.2, 0.25) is 0 Å². The monoisotopic (exact) mass is 628 g/mol. The molecule has 2 aromatic carbocycles. The first-order valence-corrected chi connectivity index (χ1v) is 16.6. The third-order valence-corrected chi connectivity index (χ3v) is 11.1. The number of phenols is 1. The van der Waals surface area contributed by atoms with Crippen molar-refractivity contribution in [1.29, 1.82) is 0 Å². The number of ketones is 3. The Morgan fingerprint density at radius 1 is 0.978 bits per heavy atom. The minimum Gasteiger partial charge on any atom is -0.511 e. The van der Waals surface area contributed by atoms with E-state index in [4.69, 9.17) is 0 Å². The molecule has 0 saturated heterocycles. The molecule has 0 saturated carbocycles. The van der Waals surface area contributed by atoms with Crippen LogP contribution in [-0.4, -0.2) is 43.4 Å². The number of allylic oxidation sites excluding steroid dienone is 2. The summed E-state index contributed by atoms with van der Waals surface area (Å²) in [6, 6.07) is 10.3. The van der Waals surface area contributed by atoms with E-state index in [9.17, 15) is 34.8 Å². The largest absolute Gasteiger partial charge is 0.511 e. The summed E-state index contributed by atoms with van der Waals surface area (Å²) in [4.78, 5) is 41.2. The van der Waals surface area contributed by atoms with E-state index in [2.05, 4.69) is 19.1 Å². The molecule has 2 aromatic rings. The summed E-state index contributed by atoms with van der Waals surface area (Å²) in [6.45, 7) is 14.5. The number of aliphatic hydroxyl groups is 3. The van der Waals surface area contributed by atoms with Crippen LogP contribution in [0.3, 0.4) is 0 Å². The van der Waals surface area contributed by atoms with E-state index in [-0.39, 0.29) is 47.3 Å². The second-order valence-electron chi connectivity index (χ2n) is 14.9. The van der Waals surface area contributed by atoms with Gasteiger partial charge in [0, 0.05) is 22.3 Å². The van der Waals surface area contributed by atoms with Gasteiger partial charge in [-0.2, -0.15) is 0 Å². The Balaban J connectivity index is 1.66. The normalized spacial score (nSPS) is 27.7. The summed E-state index contributed by atoms with van der Waals surface area (Å²) in [5, 5.41) is 47.3. The van der Waals surface area contributed by atoms with Gasteiger partial charge >= 0.3 is 0 Å². The molecule has 4 N–H and O–H groups in total. The molecule has 3 aliphatic carbocycles. The number of rotatable bonds is 8. The first kappa shape index (κ1) is 33.6. The number of hydrogen-bond donors (Lipinski definition) is 4. The van der Waals surface area contributed by atoms with Crippen molar-refractivity contribution >= 4 is 17.3 Å². The van der Waals surface area contributed by atoms with Crippen molar-refractivity contribution in [2.45, 2.75) is 105 Å². The van der Waals surface area contributed by atoms with Gasteiger partial charge in [0.25, 0.3) is 0 Å². The molecule has 0 fully saturated rings. The predicted octanol–water partition coefficient (Wildman–Crippen LogP) is 7.21. The zero-order valence-corrected chi connectivity index (χ0v) is 28.4. The minimum absolute atomic E-state index is 0.0327. The average molecular weight is 629 g/mol. The molecule has 7 heteroatoms. The van der Waals surface area contributed by atoms with E-state index in [1.165, 1.54) is 11.1 Å². The Labute approximate surface area is 272 Å². The van der Waals surface area contributed by atoms with Crippen LogP contribution in [0.25, 0.3) is 0 Å². The van der Waals surface area contributed by atoms with Crippen LogP contribution in [0.15, 0.2) is 53.0 Å². The van der Waals surface area contributed by atoms with E-state index in [1.807, 2.05) is 52.8 Å². The topological polar surface area (TPSA) is 132 Å². The highest BCUT2D eigenvalue weighted by Gasteiger charge is 2.71. The van der Waals surface area contributed by atoms with Gasteiger partial charge in [-0.25, -0.2) is 0 Å². The maximum absolute atomic E-state index is 14.6. The molecule has 0 aliphatic heterocycles. The standard InChI is InChI=1S/C39H48O7/c1-9-23-13-10-11-14-24(23)15-12-16-25-17-26(20(2)3)27-18-37(7)19-38(8)30(21(4)5)33(42)28(22(6)40)35(44)39(38,46)36(45)31(37)34(43)29(27)32(25)41/h10-11,13-14,17,20-21,30,41-42,45-46H,9,12,15-16,18-19H2,1-8H3/t30?,37-,38-,39+/m1/s1. The molecule has 46 heavy (non-hydrogen) atoms. The number of benzene rings is 2. The number of aryl methyl sites for hydroxylation is 3. The lowest BCUT2D eigenvalue weighted by atomic mass is 9.44.